The van der Waals surface area contributed by atoms with Crippen molar-refractivity contribution in [2.45, 2.75) is 73.7 Å². The van der Waals surface area contributed by atoms with Crippen LogP contribution < -0.4 is 10.6 Å². The number of amides is 3. The number of carbonyl (C=O) groups excluding carboxylic acids is 2. The van der Waals surface area contributed by atoms with Crippen molar-refractivity contribution in [2.75, 3.05) is 11.5 Å². The topological polar surface area (TPSA) is 123 Å². The Hall–Kier alpha value is -1.62. The van der Waals surface area contributed by atoms with Gasteiger partial charge in [0.25, 0.3) is 0 Å². The van der Waals surface area contributed by atoms with Crippen molar-refractivity contribution in [3.63, 3.8) is 0 Å². The van der Waals surface area contributed by atoms with Gasteiger partial charge in [0.2, 0.25) is 5.91 Å². The zero-order valence-electron chi connectivity index (χ0n) is 18.5. The molecule has 1 aromatic heterocycles. The van der Waals surface area contributed by atoms with Crippen LogP contribution in [-0.4, -0.2) is 57.4 Å². The predicted octanol–water partition coefficient (Wildman–Crippen LogP) is 1.99. The van der Waals surface area contributed by atoms with Crippen molar-refractivity contribution in [1.82, 2.24) is 25.4 Å². The van der Waals surface area contributed by atoms with Crippen molar-refractivity contribution < 1.29 is 18.0 Å². The van der Waals surface area contributed by atoms with Crippen LogP contribution in [0.4, 0.5) is 4.79 Å². The Morgan fingerprint density at radius 1 is 1.12 bits per heavy atom. The van der Waals surface area contributed by atoms with Gasteiger partial charge in [-0.1, -0.05) is 11.8 Å². The Morgan fingerprint density at radius 2 is 1.75 bits per heavy atom. The van der Waals surface area contributed by atoms with Crippen molar-refractivity contribution >= 4 is 33.5 Å². The van der Waals surface area contributed by atoms with Crippen molar-refractivity contribution in [3.8, 4) is 0 Å². The van der Waals surface area contributed by atoms with Gasteiger partial charge >= 0.3 is 6.03 Å². The number of sulfone groups is 1. The standard InChI is InChI=1S/C21H31N5O4S2/c1-12(31-20-25-24-17(26(20)2)16-3-4-32(29,30)11-16)18(27)22-19(28)23-21-8-13-5-14(9-21)7-15(6-13)10-21/h12-16H,3-11H2,1-2H3,(H2,22,23,27,28). The Morgan fingerprint density at radius 3 is 2.31 bits per heavy atom. The maximum atomic E-state index is 12.7. The predicted molar refractivity (Wildman–Crippen MR) is 120 cm³/mol. The normalized spacial score (nSPS) is 35.6. The number of urea groups is 1. The van der Waals surface area contributed by atoms with E-state index < -0.39 is 21.1 Å². The lowest BCUT2D eigenvalue weighted by Gasteiger charge is -2.56. The zero-order chi connectivity index (χ0) is 22.7. The average Bonchev–Trinajstić information content (AvgIpc) is 3.21. The molecule has 32 heavy (non-hydrogen) atoms. The van der Waals surface area contributed by atoms with E-state index in [-0.39, 0.29) is 28.9 Å². The summed E-state index contributed by atoms with van der Waals surface area (Å²) in [6.07, 6.45) is 7.51. The highest BCUT2D eigenvalue weighted by Gasteiger charge is 2.51. The number of rotatable bonds is 5. The third-order valence-electron chi connectivity index (χ3n) is 7.77. The summed E-state index contributed by atoms with van der Waals surface area (Å²) in [7, 11) is -1.23. The van der Waals surface area contributed by atoms with Crippen LogP contribution in [0.2, 0.25) is 0 Å². The van der Waals surface area contributed by atoms with E-state index in [1.165, 1.54) is 31.0 Å². The van der Waals surface area contributed by atoms with Crippen molar-refractivity contribution in [3.05, 3.63) is 5.82 Å². The number of hydrogen-bond donors (Lipinski definition) is 2. The highest BCUT2D eigenvalue weighted by Crippen LogP contribution is 2.55. The molecule has 4 bridgehead atoms. The summed E-state index contributed by atoms with van der Waals surface area (Å²) in [5.74, 6) is 2.49. The van der Waals surface area contributed by atoms with E-state index in [2.05, 4.69) is 20.8 Å². The molecule has 1 saturated heterocycles. The Bertz CT molecular complexity index is 1000. The highest BCUT2D eigenvalue weighted by atomic mass is 32.2. The second-order valence-corrected chi connectivity index (χ2v) is 13.9. The maximum Gasteiger partial charge on any atom is 0.321 e. The number of imide groups is 1. The molecule has 0 spiro atoms. The fraction of sp³-hybridized carbons (Fsp3) is 0.810. The molecule has 1 aromatic rings. The van der Waals surface area contributed by atoms with Crippen LogP contribution in [0, 0.1) is 17.8 Å². The van der Waals surface area contributed by atoms with E-state index in [1.54, 1.807) is 18.5 Å². The monoisotopic (exact) mass is 481 g/mol. The average molecular weight is 482 g/mol. The maximum absolute atomic E-state index is 12.7. The Balaban J connectivity index is 1.17. The zero-order valence-corrected chi connectivity index (χ0v) is 20.2. The molecule has 6 rings (SSSR count). The molecule has 176 valence electrons. The summed E-state index contributed by atoms with van der Waals surface area (Å²) in [6.45, 7) is 1.73. The van der Waals surface area contributed by atoms with Gasteiger partial charge in [-0.3, -0.25) is 10.1 Å². The molecule has 2 heterocycles. The summed E-state index contributed by atoms with van der Waals surface area (Å²) in [5, 5.41) is 14.0. The summed E-state index contributed by atoms with van der Waals surface area (Å²) in [5.41, 5.74) is -0.143. The van der Waals surface area contributed by atoms with Crippen LogP contribution in [0.5, 0.6) is 0 Å². The van der Waals surface area contributed by atoms with Crippen LogP contribution in [-0.2, 0) is 21.7 Å². The fourth-order valence-corrected chi connectivity index (χ4v) is 9.30. The first-order chi connectivity index (χ1) is 15.1. The fourth-order valence-electron chi connectivity index (χ4n) is 6.74. The molecule has 4 saturated carbocycles. The third kappa shape index (κ3) is 4.30. The van der Waals surface area contributed by atoms with Crippen LogP contribution in [0.25, 0.3) is 0 Å². The van der Waals surface area contributed by atoms with E-state index in [9.17, 15) is 18.0 Å². The Kier molecular flexibility index (Phi) is 5.55. The molecular weight excluding hydrogens is 450 g/mol. The number of hydrogen-bond acceptors (Lipinski definition) is 7. The summed E-state index contributed by atoms with van der Waals surface area (Å²) in [6, 6.07) is -0.404. The van der Waals surface area contributed by atoms with E-state index in [0.29, 0.717) is 35.2 Å². The number of nitrogens with zero attached hydrogens (tertiary/aromatic N) is 3. The molecule has 2 N–H and O–H groups in total. The second-order valence-electron chi connectivity index (χ2n) is 10.4. The molecular formula is C21H31N5O4S2. The van der Waals surface area contributed by atoms with Crippen LogP contribution in [0.3, 0.4) is 0 Å². The molecule has 0 radical (unpaired) electrons. The largest absolute Gasteiger partial charge is 0.332 e. The quantitative estimate of drug-likeness (QED) is 0.617. The third-order valence-corrected chi connectivity index (χ3v) is 10.7. The van der Waals surface area contributed by atoms with Gasteiger partial charge in [0.1, 0.15) is 5.82 Å². The number of aromatic nitrogens is 3. The van der Waals surface area contributed by atoms with Crippen LogP contribution >= 0.6 is 11.8 Å². The summed E-state index contributed by atoms with van der Waals surface area (Å²) in [4.78, 5) is 25.3. The lowest BCUT2D eigenvalue weighted by atomic mass is 9.53. The summed E-state index contributed by atoms with van der Waals surface area (Å²) >= 11 is 1.22. The highest BCUT2D eigenvalue weighted by molar-refractivity contribution is 8.00. The van der Waals surface area contributed by atoms with Gasteiger partial charge in [0.15, 0.2) is 15.0 Å². The second kappa shape index (κ2) is 8.00. The minimum Gasteiger partial charge on any atom is -0.332 e. The minimum absolute atomic E-state index is 0.0875. The van der Waals surface area contributed by atoms with Gasteiger partial charge in [0.05, 0.1) is 16.8 Å². The molecule has 1 aliphatic heterocycles. The van der Waals surface area contributed by atoms with Crippen molar-refractivity contribution in [2.24, 2.45) is 24.8 Å². The van der Waals surface area contributed by atoms with E-state index in [1.807, 2.05) is 0 Å². The number of carbonyl (C=O) groups is 2. The van der Waals surface area contributed by atoms with E-state index >= 15 is 0 Å². The molecule has 5 fully saturated rings. The minimum atomic E-state index is -3.02. The van der Waals surface area contributed by atoms with Crippen LogP contribution in [0.15, 0.2) is 5.16 Å². The number of thioether (sulfide) groups is 1. The first-order valence-corrected chi connectivity index (χ1v) is 14.2. The van der Waals surface area contributed by atoms with Gasteiger partial charge in [-0.25, -0.2) is 13.2 Å². The molecule has 5 aliphatic rings. The summed E-state index contributed by atoms with van der Waals surface area (Å²) < 4.78 is 25.3. The lowest BCUT2D eigenvalue weighted by Crippen LogP contribution is -2.62. The molecule has 11 heteroatoms. The molecule has 2 unspecified atom stereocenters. The van der Waals surface area contributed by atoms with Crippen LogP contribution in [0.1, 0.15) is 63.6 Å². The lowest BCUT2D eigenvalue weighted by molar-refractivity contribution is -0.119. The smallest absolute Gasteiger partial charge is 0.321 e. The van der Waals surface area contributed by atoms with Gasteiger partial charge in [-0.2, -0.15) is 0 Å². The first-order valence-electron chi connectivity index (χ1n) is 11.5. The Labute approximate surface area is 192 Å². The van der Waals surface area contributed by atoms with Crippen molar-refractivity contribution in [1.29, 1.82) is 0 Å². The first kappa shape index (κ1) is 22.2. The molecule has 0 aromatic carbocycles. The molecule has 4 aliphatic carbocycles. The van der Waals surface area contributed by atoms with E-state index in [0.717, 1.165) is 19.3 Å². The van der Waals surface area contributed by atoms with Gasteiger partial charge in [-0.05, 0) is 69.6 Å². The van der Waals surface area contributed by atoms with Gasteiger partial charge in [-0.15, -0.1) is 10.2 Å². The molecule has 3 amide bonds. The molecule has 2 atom stereocenters. The van der Waals surface area contributed by atoms with Gasteiger partial charge in [0, 0.05) is 18.5 Å². The SMILES string of the molecule is CC(Sc1nnc(C2CCS(=O)(=O)C2)n1C)C(=O)NC(=O)NC12CC3CC(CC(C3)C1)C2. The number of nitrogens with one attached hydrogen (secondary N) is 2. The van der Waals surface area contributed by atoms with E-state index in [4.69, 9.17) is 0 Å². The molecule has 9 nitrogen and oxygen atoms in total. The van der Waals surface area contributed by atoms with Gasteiger partial charge < -0.3 is 9.88 Å².